The first-order chi connectivity index (χ1) is 11.0. The Bertz CT molecular complexity index is 884. The Kier molecular flexibility index (Phi) is 3.83. The summed E-state index contributed by atoms with van der Waals surface area (Å²) in [5, 5.41) is 26.2. The van der Waals surface area contributed by atoms with Crippen molar-refractivity contribution in [1.82, 2.24) is 15.2 Å². The zero-order chi connectivity index (χ0) is 16.6. The number of aromatic carboxylic acids is 1. The van der Waals surface area contributed by atoms with Gasteiger partial charge in [0.15, 0.2) is 5.65 Å². The fraction of sp³-hybridized carbons (Fsp3) is 0.235. The SMILES string of the molecule is CC(C)c1c(-c2cccc(CO)c2)nc2[nH]ncc2c1C(=O)O. The summed E-state index contributed by atoms with van der Waals surface area (Å²) < 4.78 is 0. The molecule has 0 amide bonds. The molecule has 0 saturated heterocycles. The minimum atomic E-state index is -0.998. The van der Waals surface area contributed by atoms with Gasteiger partial charge >= 0.3 is 5.97 Å². The smallest absolute Gasteiger partial charge is 0.336 e. The topological polar surface area (TPSA) is 99.1 Å². The third-order valence-corrected chi connectivity index (χ3v) is 3.81. The number of aliphatic hydroxyl groups excluding tert-OH is 1. The van der Waals surface area contributed by atoms with Crippen LogP contribution >= 0.6 is 0 Å². The highest BCUT2D eigenvalue weighted by Gasteiger charge is 2.24. The number of nitrogens with zero attached hydrogens (tertiary/aromatic N) is 2. The summed E-state index contributed by atoms with van der Waals surface area (Å²) >= 11 is 0. The van der Waals surface area contributed by atoms with Crippen molar-refractivity contribution < 1.29 is 15.0 Å². The number of aliphatic hydroxyl groups is 1. The van der Waals surface area contributed by atoms with E-state index in [2.05, 4.69) is 15.2 Å². The average molecular weight is 311 g/mol. The number of carboxylic acid groups (broad SMARTS) is 1. The van der Waals surface area contributed by atoms with E-state index in [9.17, 15) is 15.0 Å². The first kappa shape index (κ1) is 15.2. The third kappa shape index (κ3) is 2.57. The van der Waals surface area contributed by atoms with E-state index >= 15 is 0 Å². The van der Waals surface area contributed by atoms with Crippen molar-refractivity contribution in [2.75, 3.05) is 0 Å². The van der Waals surface area contributed by atoms with Gasteiger partial charge in [-0.15, -0.1) is 0 Å². The molecule has 3 aromatic rings. The Balaban J connectivity index is 2.39. The monoisotopic (exact) mass is 311 g/mol. The second kappa shape index (κ2) is 5.81. The molecule has 3 rings (SSSR count). The first-order valence-electron chi connectivity index (χ1n) is 7.33. The van der Waals surface area contributed by atoms with Gasteiger partial charge < -0.3 is 10.2 Å². The van der Waals surface area contributed by atoms with Gasteiger partial charge in [-0.05, 0) is 23.1 Å². The molecule has 0 aliphatic heterocycles. The van der Waals surface area contributed by atoms with Crippen LogP contribution < -0.4 is 0 Å². The van der Waals surface area contributed by atoms with Crippen LogP contribution in [-0.4, -0.2) is 31.4 Å². The number of carbonyl (C=O) groups is 1. The van der Waals surface area contributed by atoms with Crippen molar-refractivity contribution in [2.45, 2.75) is 26.4 Å². The number of hydrogen-bond donors (Lipinski definition) is 3. The summed E-state index contributed by atoms with van der Waals surface area (Å²) in [5.74, 6) is -1.03. The highest BCUT2D eigenvalue weighted by atomic mass is 16.4. The summed E-state index contributed by atoms with van der Waals surface area (Å²) in [5.41, 5.74) is 3.46. The van der Waals surface area contributed by atoms with Crippen LogP contribution in [0.25, 0.3) is 22.3 Å². The van der Waals surface area contributed by atoms with E-state index in [1.807, 2.05) is 38.1 Å². The molecule has 118 valence electrons. The number of fused-ring (bicyclic) bond motifs is 1. The van der Waals surface area contributed by atoms with E-state index in [0.717, 1.165) is 11.1 Å². The molecule has 0 fully saturated rings. The Morgan fingerprint density at radius 2 is 2.13 bits per heavy atom. The molecule has 2 aromatic heterocycles. The first-order valence-corrected chi connectivity index (χ1v) is 7.33. The number of nitrogens with one attached hydrogen (secondary N) is 1. The molecule has 0 saturated carbocycles. The third-order valence-electron chi connectivity index (χ3n) is 3.81. The molecule has 0 aliphatic carbocycles. The number of aromatic amines is 1. The Labute approximate surface area is 132 Å². The molecule has 1 aromatic carbocycles. The van der Waals surface area contributed by atoms with Gasteiger partial charge in [0.25, 0.3) is 0 Å². The molecule has 6 nitrogen and oxygen atoms in total. The highest BCUT2D eigenvalue weighted by molar-refractivity contribution is 6.04. The van der Waals surface area contributed by atoms with Gasteiger partial charge in [0, 0.05) is 5.56 Å². The summed E-state index contributed by atoms with van der Waals surface area (Å²) in [6, 6.07) is 7.32. The summed E-state index contributed by atoms with van der Waals surface area (Å²) in [4.78, 5) is 16.4. The van der Waals surface area contributed by atoms with Crippen LogP contribution in [0, 0.1) is 0 Å². The standard InChI is InChI=1S/C17H17N3O3/c1-9(2)13-14(17(22)23)12-7-18-20-16(12)19-15(13)11-5-3-4-10(6-11)8-21/h3-7,9,21H,8H2,1-2H3,(H,22,23)(H,18,19,20). The second-order valence-electron chi connectivity index (χ2n) is 5.70. The fourth-order valence-electron chi connectivity index (χ4n) is 2.81. The van der Waals surface area contributed by atoms with E-state index in [1.54, 1.807) is 0 Å². The van der Waals surface area contributed by atoms with Gasteiger partial charge in [-0.3, -0.25) is 5.10 Å². The molecule has 2 heterocycles. The molecular formula is C17H17N3O3. The van der Waals surface area contributed by atoms with E-state index in [0.29, 0.717) is 22.3 Å². The number of benzene rings is 1. The molecule has 0 atom stereocenters. The zero-order valence-electron chi connectivity index (χ0n) is 12.9. The predicted molar refractivity (Wildman–Crippen MR) is 86.3 cm³/mol. The average Bonchev–Trinajstić information content (AvgIpc) is 3.00. The van der Waals surface area contributed by atoms with Crippen molar-refractivity contribution in [1.29, 1.82) is 0 Å². The van der Waals surface area contributed by atoms with Gasteiger partial charge in [0.1, 0.15) is 0 Å². The lowest BCUT2D eigenvalue weighted by molar-refractivity contribution is 0.0697. The van der Waals surface area contributed by atoms with Crippen LogP contribution in [0.3, 0.4) is 0 Å². The van der Waals surface area contributed by atoms with Crippen LogP contribution in [-0.2, 0) is 6.61 Å². The van der Waals surface area contributed by atoms with Gasteiger partial charge in [0.2, 0.25) is 0 Å². The zero-order valence-corrected chi connectivity index (χ0v) is 12.9. The van der Waals surface area contributed by atoms with Crippen molar-refractivity contribution in [3.05, 3.63) is 47.2 Å². The maximum Gasteiger partial charge on any atom is 0.336 e. The predicted octanol–water partition coefficient (Wildman–Crippen LogP) is 2.94. The maximum absolute atomic E-state index is 11.8. The summed E-state index contributed by atoms with van der Waals surface area (Å²) in [7, 11) is 0. The van der Waals surface area contributed by atoms with Gasteiger partial charge in [-0.2, -0.15) is 5.10 Å². The van der Waals surface area contributed by atoms with E-state index < -0.39 is 5.97 Å². The number of H-pyrrole nitrogens is 1. The molecule has 3 N–H and O–H groups in total. The fourth-order valence-corrected chi connectivity index (χ4v) is 2.81. The number of rotatable bonds is 4. The molecule has 0 unspecified atom stereocenters. The lowest BCUT2D eigenvalue weighted by atomic mass is 9.90. The van der Waals surface area contributed by atoms with E-state index in [-0.39, 0.29) is 18.1 Å². The summed E-state index contributed by atoms with van der Waals surface area (Å²) in [6.07, 6.45) is 1.49. The second-order valence-corrected chi connectivity index (χ2v) is 5.70. The van der Waals surface area contributed by atoms with Gasteiger partial charge in [-0.1, -0.05) is 32.0 Å². The van der Waals surface area contributed by atoms with Crippen molar-refractivity contribution in [3.8, 4) is 11.3 Å². The van der Waals surface area contributed by atoms with Gasteiger partial charge in [-0.25, -0.2) is 9.78 Å². The van der Waals surface area contributed by atoms with Crippen LogP contribution in [0.5, 0.6) is 0 Å². The highest BCUT2D eigenvalue weighted by Crippen LogP contribution is 2.34. The molecule has 0 radical (unpaired) electrons. The normalized spacial score (nSPS) is 11.3. The van der Waals surface area contributed by atoms with Gasteiger partial charge in [0.05, 0.1) is 29.4 Å². The molecule has 0 aliphatic rings. The number of hydrogen-bond acceptors (Lipinski definition) is 4. The quantitative estimate of drug-likeness (QED) is 0.688. The number of aromatic nitrogens is 3. The molecule has 0 spiro atoms. The van der Waals surface area contributed by atoms with Crippen LogP contribution in [0.1, 0.15) is 41.3 Å². The van der Waals surface area contributed by atoms with E-state index in [1.165, 1.54) is 6.20 Å². The van der Waals surface area contributed by atoms with Crippen molar-refractivity contribution in [3.63, 3.8) is 0 Å². The lowest BCUT2D eigenvalue weighted by Crippen LogP contribution is -2.08. The molecular weight excluding hydrogens is 294 g/mol. The van der Waals surface area contributed by atoms with Crippen LogP contribution in [0.2, 0.25) is 0 Å². The molecule has 0 bridgehead atoms. The number of carboxylic acids is 1. The summed E-state index contributed by atoms with van der Waals surface area (Å²) in [6.45, 7) is 3.80. The Morgan fingerprint density at radius 3 is 2.78 bits per heavy atom. The Hall–Kier alpha value is -2.73. The van der Waals surface area contributed by atoms with Crippen molar-refractivity contribution >= 4 is 17.0 Å². The van der Waals surface area contributed by atoms with E-state index in [4.69, 9.17) is 0 Å². The lowest BCUT2D eigenvalue weighted by Gasteiger charge is -2.16. The largest absolute Gasteiger partial charge is 0.478 e. The van der Waals surface area contributed by atoms with Crippen LogP contribution in [0.4, 0.5) is 0 Å². The minimum Gasteiger partial charge on any atom is -0.478 e. The van der Waals surface area contributed by atoms with Crippen molar-refractivity contribution in [2.24, 2.45) is 0 Å². The molecule has 23 heavy (non-hydrogen) atoms. The number of pyridine rings is 1. The maximum atomic E-state index is 11.8. The molecule has 6 heteroatoms. The minimum absolute atomic E-state index is 0.0271. The Morgan fingerprint density at radius 1 is 1.35 bits per heavy atom. The van der Waals surface area contributed by atoms with Crippen LogP contribution in [0.15, 0.2) is 30.5 Å².